The van der Waals surface area contributed by atoms with E-state index in [1.807, 2.05) is 74.5 Å². The Balaban J connectivity index is 0.000000493. The predicted octanol–water partition coefficient (Wildman–Crippen LogP) is 2.80. The second-order valence-electron chi connectivity index (χ2n) is 5.87. The van der Waals surface area contributed by atoms with E-state index in [0.29, 0.717) is 6.61 Å². The first-order valence-electron chi connectivity index (χ1n) is 7.97. The van der Waals surface area contributed by atoms with Crippen molar-refractivity contribution >= 4 is 12.0 Å². The minimum absolute atomic E-state index is 0.0833. The molecular formula is C19H22N2O4. The fraction of sp³-hybridized carbons (Fsp3) is 0.263. The molecule has 0 bridgehead atoms. The number of carbonyl (C=O) groups is 2. The van der Waals surface area contributed by atoms with Crippen LogP contribution < -0.4 is 15.6 Å². The first-order chi connectivity index (χ1) is 12.0. The summed E-state index contributed by atoms with van der Waals surface area (Å²) in [5.74, 6) is 0.529. The molecule has 2 N–H and O–H groups in total. The van der Waals surface area contributed by atoms with Crippen LogP contribution in [-0.2, 0) is 14.9 Å². The lowest BCUT2D eigenvalue weighted by Crippen LogP contribution is -2.32. The molecule has 1 aliphatic rings. The van der Waals surface area contributed by atoms with E-state index in [-0.39, 0.29) is 18.6 Å². The minimum Gasteiger partial charge on any atom is -0.490 e. The number of benzene rings is 2. The SMILES string of the molecule is CC(C)(C(=O)OCCOc1ccccc1)c1ccccc1.O=C1NN1. The summed E-state index contributed by atoms with van der Waals surface area (Å²) in [6.45, 7) is 4.32. The predicted molar refractivity (Wildman–Crippen MR) is 94.0 cm³/mol. The standard InChI is InChI=1S/C18H20O3.CH2N2O/c1-18(2,15-9-5-3-6-10-15)17(19)21-14-13-20-16-11-7-4-8-12-16;4-1-2-3-1/h3-12H,13-14H2,1-2H3;(H2,2,3,4). The molecule has 2 aromatic rings. The Labute approximate surface area is 147 Å². The molecule has 1 heterocycles. The van der Waals surface area contributed by atoms with E-state index in [1.54, 1.807) is 0 Å². The number of carbonyl (C=O) groups excluding carboxylic acids is 2. The van der Waals surface area contributed by atoms with Crippen LogP contribution in [0.4, 0.5) is 4.79 Å². The van der Waals surface area contributed by atoms with Crippen molar-refractivity contribution in [1.29, 1.82) is 0 Å². The van der Waals surface area contributed by atoms with Crippen molar-refractivity contribution in [2.24, 2.45) is 0 Å². The summed E-state index contributed by atoms with van der Waals surface area (Å²) >= 11 is 0. The molecule has 6 heteroatoms. The fourth-order valence-corrected chi connectivity index (χ4v) is 1.99. The van der Waals surface area contributed by atoms with Gasteiger partial charge in [-0.25, -0.2) is 15.6 Å². The van der Waals surface area contributed by atoms with E-state index in [9.17, 15) is 9.59 Å². The van der Waals surface area contributed by atoms with Gasteiger partial charge in [0.2, 0.25) is 0 Å². The molecule has 2 amide bonds. The molecule has 0 aliphatic carbocycles. The van der Waals surface area contributed by atoms with Gasteiger partial charge in [0.15, 0.2) is 0 Å². The molecule has 132 valence electrons. The first kappa shape index (κ1) is 18.3. The van der Waals surface area contributed by atoms with Gasteiger partial charge in [-0.1, -0.05) is 48.5 Å². The highest BCUT2D eigenvalue weighted by molar-refractivity contribution is 5.85. The summed E-state index contributed by atoms with van der Waals surface area (Å²) in [5, 5.41) is 0. The maximum absolute atomic E-state index is 12.2. The summed E-state index contributed by atoms with van der Waals surface area (Å²) in [6, 6.07) is 19.0. The molecule has 25 heavy (non-hydrogen) atoms. The Bertz CT molecular complexity index is 681. The number of hydrazine groups is 1. The van der Waals surface area contributed by atoms with Crippen LogP contribution in [0.2, 0.25) is 0 Å². The van der Waals surface area contributed by atoms with E-state index in [2.05, 4.69) is 10.9 Å². The van der Waals surface area contributed by atoms with Crippen molar-refractivity contribution in [2.75, 3.05) is 13.2 Å². The molecule has 0 atom stereocenters. The zero-order chi connectivity index (χ0) is 18.1. The van der Waals surface area contributed by atoms with Crippen LogP contribution in [0.3, 0.4) is 0 Å². The van der Waals surface area contributed by atoms with Crippen molar-refractivity contribution in [3.05, 3.63) is 66.2 Å². The molecule has 0 aromatic heterocycles. The Morgan fingerprint density at radius 3 is 1.96 bits per heavy atom. The quantitative estimate of drug-likeness (QED) is 0.479. The third kappa shape index (κ3) is 6.18. The summed E-state index contributed by atoms with van der Waals surface area (Å²) in [6.07, 6.45) is 0. The topological polar surface area (TPSA) is 96.5 Å². The summed E-state index contributed by atoms with van der Waals surface area (Å²) < 4.78 is 10.8. The van der Waals surface area contributed by atoms with Gasteiger partial charge in [-0.3, -0.25) is 4.79 Å². The Morgan fingerprint density at radius 1 is 0.920 bits per heavy atom. The first-order valence-corrected chi connectivity index (χ1v) is 7.97. The van der Waals surface area contributed by atoms with E-state index in [4.69, 9.17) is 9.47 Å². The zero-order valence-corrected chi connectivity index (χ0v) is 14.3. The normalized spacial score (nSPS) is 12.0. The largest absolute Gasteiger partial charge is 0.490 e. The third-order valence-corrected chi connectivity index (χ3v) is 3.56. The number of para-hydroxylation sites is 1. The summed E-state index contributed by atoms with van der Waals surface area (Å²) in [5.41, 5.74) is 4.70. The van der Waals surface area contributed by atoms with Gasteiger partial charge in [0, 0.05) is 0 Å². The second kappa shape index (κ2) is 8.73. The molecule has 2 aromatic carbocycles. The summed E-state index contributed by atoms with van der Waals surface area (Å²) in [7, 11) is 0. The van der Waals surface area contributed by atoms with Crippen LogP contribution in [0.25, 0.3) is 0 Å². The molecular weight excluding hydrogens is 320 g/mol. The van der Waals surface area contributed by atoms with Crippen LogP contribution in [0.5, 0.6) is 5.75 Å². The lowest BCUT2D eigenvalue weighted by molar-refractivity contribution is -0.150. The number of rotatable bonds is 6. The van der Waals surface area contributed by atoms with Crippen LogP contribution in [0, 0.1) is 0 Å². The zero-order valence-electron chi connectivity index (χ0n) is 14.3. The molecule has 0 spiro atoms. The molecule has 6 nitrogen and oxygen atoms in total. The smallest absolute Gasteiger partial charge is 0.352 e. The number of hydrogen-bond donors (Lipinski definition) is 2. The number of nitrogens with one attached hydrogen (secondary N) is 2. The van der Waals surface area contributed by atoms with Crippen molar-refractivity contribution in [3.63, 3.8) is 0 Å². The molecule has 1 saturated heterocycles. The van der Waals surface area contributed by atoms with Gasteiger partial charge in [-0.2, -0.15) is 0 Å². The molecule has 0 saturated carbocycles. The number of amides is 2. The van der Waals surface area contributed by atoms with Gasteiger partial charge < -0.3 is 9.47 Å². The number of urea groups is 1. The third-order valence-electron chi connectivity index (χ3n) is 3.56. The highest BCUT2D eigenvalue weighted by atomic mass is 16.6. The fourth-order valence-electron chi connectivity index (χ4n) is 1.99. The van der Waals surface area contributed by atoms with E-state index < -0.39 is 5.41 Å². The monoisotopic (exact) mass is 342 g/mol. The average Bonchev–Trinajstić information content (AvgIpc) is 3.43. The van der Waals surface area contributed by atoms with Gasteiger partial charge in [-0.05, 0) is 31.5 Å². The molecule has 3 rings (SSSR count). The van der Waals surface area contributed by atoms with Gasteiger partial charge in [0.25, 0.3) is 0 Å². The maximum atomic E-state index is 12.2. The van der Waals surface area contributed by atoms with Crippen molar-refractivity contribution in [1.82, 2.24) is 10.9 Å². The van der Waals surface area contributed by atoms with E-state index in [0.717, 1.165) is 11.3 Å². The number of esters is 1. The van der Waals surface area contributed by atoms with Crippen molar-refractivity contribution in [3.8, 4) is 5.75 Å². The van der Waals surface area contributed by atoms with E-state index in [1.165, 1.54) is 0 Å². The Morgan fingerprint density at radius 2 is 1.44 bits per heavy atom. The molecule has 1 fully saturated rings. The minimum atomic E-state index is -0.659. The molecule has 0 radical (unpaired) electrons. The summed E-state index contributed by atoms with van der Waals surface area (Å²) in [4.78, 5) is 21.5. The van der Waals surface area contributed by atoms with Gasteiger partial charge in [-0.15, -0.1) is 0 Å². The van der Waals surface area contributed by atoms with Crippen LogP contribution in [-0.4, -0.2) is 25.2 Å². The van der Waals surface area contributed by atoms with E-state index >= 15 is 0 Å². The molecule has 1 aliphatic heterocycles. The molecule has 0 unspecified atom stereocenters. The highest BCUT2D eigenvalue weighted by Crippen LogP contribution is 2.24. The van der Waals surface area contributed by atoms with Crippen LogP contribution in [0.1, 0.15) is 19.4 Å². The van der Waals surface area contributed by atoms with Gasteiger partial charge in [0.1, 0.15) is 19.0 Å². The van der Waals surface area contributed by atoms with Crippen molar-refractivity contribution < 1.29 is 19.1 Å². The highest BCUT2D eigenvalue weighted by Gasteiger charge is 2.31. The van der Waals surface area contributed by atoms with Crippen molar-refractivity contribution in [2.45, 2.75) is 19.3 Å². The Hall–Kier alpha value is -3.02. The van der Waals surface area contributed by atoms with Gasteiger partial charge in [0.05, 0.1) is 5.41 Å². The lowest BCUT2D eigenvalue weighted by Gasteiger charge is -2.23. The Kier molecular flexibility index (Phi) is 6.39. The number of hydrogen-bond acceptors (Lipinski definition) is 4. The van der Waals surface area contributed by atoms with Gasteiger partial charge >= 0.3 is 12.0 Å². The maximum Gasteiger partial charge on any atom is 0.352 e. The average molecular weight is 342 g/mol. The van der Waals surface area contributed by atoms with Crippen LogP contribution >= 0.6 is 0 Å². The lowest BCUT2D eigenvalue weighted by atomic mass is 9.85. The second-order valence-corrected chi connectivity index (χ2v) is 5.87. The van der Waals surface area contributed by atoms with Crippen LogP contribution in [0.15, 0.2) is 60.7 Å². The number of ether oxygens (including phenoxy) is 2.